The molecule has 3 N–H and O–H groups in total. The minimum atomic E-state index is -3.85. The average Bonchev–Trinajstić information content (AvgIpc) is 3.20. The standard InChI is InChI=1S/C21H17N5O4S2/c1-14(27)26(18-5-3-2-4-6-18)21-25-17(13-31-21)11-15(12-22)20(28)24-16-7-9-19(10-8-16)32(23,29)30/h2-11,13H,1H3,(H,24,28)(H2,23,29,30)/b15-11+. The van der Waals surface area contributed by atoms with E-state index in [2.05, 4.69) is 10.3 Å². The highest BCUT2D eigenvalue weighted by Gasteiger charge is 2.18. The summed E-state index contributed by atoms with van der Waals surface area (Å²) in [6.45, 7) is 1.42. The van der Waals surface area contributed by atoms with Gasteiger partial charge in [0.1, 0.15) is 11.6 Å². The highest BCUT2D eigenvalue weighted by molar-refractivity contribution is 7.89. The molecule has 0 saturated heterocycles. The number of para-hydroxylation sites is 1. The van der Waals surface area contributed by atoms with Crippen molar-refractivity contribution in [1.29, 1.82) is 5.26 Å². The molecule has 1 heterocycles. The van der Waals surface area contributed by atoms with Crippen LogP contribution in [0.2, 0.25) is 0 Å². The molecule has 0 aliphatic heterocycles. The molecule has 1 aromatic heterocycles. The lowest BCUT2D eigenvalue weighted by molar-refractivity contribution is -0.116. The summed E-state index contributed by atoms with van der Waals surface area (Å²) in [6.07, 6.45) is 1.30. The van der Waals surface area contributed by atoms with Crippen molar-refractivity contribution in [3.8, 4) is 6.07 Å². The molecule has 0 radical (unpaired) electrons. The molecule has 2 aromatic carbocycles. The monoisotopic (exact) mass is 467 g/mol. The molecule has 32 heavy (non-hydrogen) atoms. The second-order valence-corrected chi connectivity index (χ2v) is 8.84. The summed E-state index contributed by atoms with van der Waals surface area (Å²) in [4.78, 5) is 30.3. The van der Waals surface area contributed by atoms with Gasteiger partial charge in [-0.15, -0.1) is 11.3 Å². The van der Waals surface area contributed by atoms with Crippen LogP contribution in [0, 0.1) is 11.3 Å². The molecule has 0 spiro atoms. The Labute approximate surface area is 188 Å². The lowest BCUT2D eigenvalue weighted by Crippen LogP contribution is -2.22. The topological polar surface area (TPSA) is 146 Å². The number of nitrogens with one attached hydrogen (secondary N) is 1. The van der Waals surface area contributed by atoms with Crippen LogP contribution in [0.5, 0.6) is 0 Å². The van der Waals surface area contributed by atoms with Crippen molar-refractivity contribution in [2.75, 3.05) is 10.2 Å². The number of nitrogens with two attached hydrogens (primary N) is 1. The largest absolute Gasteiger partial charge is 0.321 e. The van der Waals surface area contributed by atoms with Gasteiger partial charge in [-0.1, -0.05) is 18.2 Å². The second kappa shape index (κ2) is 9.52. The molecule has 162 valence electrons. The molecular weight excluding hydrogens is 450 g/mol. The summed E-state index contributed by atoms with van der Waals surface area (Å²) in [5.74, 6) is -0.931. The number of thiazole rings is 1. The minimum absolute atomic E-state index is 0.102. The number of hydrogen-bond acceptors (Lipinski definition) is 7. The van der Waals surface area contributed by atoms with Gasteiger partial charge < -0.3 is 5.32 Å². The molecule has 0 atom stereocenters. The van der Waals surface area contributed by atoms with Crippen LogP contribution in [0.3, 0.4) is 0 Å². The zero-order valence-corrected chi connectivity index (χ0v) is 18.4. The van der Waals surface area contributed by atoms with Crippen LogP contribution in [0.25, 0.3) is 6.08 Å². The van der Waals surface area contributed by atoms with Crippen LogP contribution in [0.1, 0.15) is 12.6 Å². The third-order valence-corrected chi connectivity index (χ3v) is 5.90. The molecule has 0 aliphatic rings. The number of rotatable bonds is 6. The van der Waals surface area contributed by atoms with E-state index in [1.165, 1.54) is 53.5 Å². The first-order valence-corrected chi connectivity index (χ1v) is 11.5. The molecule has 9 nitrogen and oxygen atoms in total. The number of nitrogens with zero attached hydrogens (tertiary/aromatic N) is 3. The predicted molar refractivity (Wildman–Crippen MR) is 121 cm³/mol. The fourth-order valence-corrected chi connectivity index (χ4v) is 4.03. The molecule has 0 unspecified atom stereocenters. The summed E-state index contributed by atoms with van der Waals surface area (Å²) in [7, 11) is -3.85. The summed E-state index contributed by atoms with van der Waals surface area (Å²) in [5.41, 5.74) is 1.05. The molecule has 3 aromatic rings. The van der Waals surface area contributed by atoms with E-state index in [1.807, 2.05) is 12.1 Å². The van der Waals surface area contributed by atoms with Gasteiger partial charge in [0.15, 0.2) is 5.13 Å². The van der Waals surface area contributed by atoms with Gasteiger partial charge >= 0.3 is 0 Å². The molecule has 0 fully saturated rings. The number of nitriles is 1. The van der Waals surface area contributed by atoms with Crippen molar-refractivity contribution < 1.29 is 18.0 Å². The number of sulfonamides is 1. The number of anilines is 3. The zero-order valence-electron chi connectivity index (χ0n) is 16.7. The number of carbonyl (C=O) groups excluding carboxylic acids is 2. The number of benzene rings is 2. The Morgan fingerprint density at radius 3 is 2.38 bits per heavy atom. The van der Waals surface area contributed by atoms with Gasteiger partial charge in [-0.25, -0.2) is 18.5 Å². The van der Waals surface area contributed by atoms with Gasteiger partial charge in [0.05, 0.1) is 16.3 Å². The fourth-order valence-electron chi connectivity index (χ4n) is 2.67. The van der Waals surface area contributed by atoms with E-state index >= 15 is 0 Å². The van der Waals surface area contributed by atoms with Crippen molar-refractivity contribution in [2.45, 2.75) is 11.8 Å². The lowest BCUT2D eigenvalue weighted by atomic mass is 10.2. The van der Waals surface area contributed by atoms with E-state index in [0.717, 1.165) is 0 Å². The van der Waals surface area contributed by atoms with Crippen LogP contribution in [0.15, 0.2) is 70.4 Å². The van der Waals surface area contributed by atoms with Gasteiger partial charge in [0, 0.05) is 18.0 Å². The summed E-state index contributed by atoms with van der Waals surface area (Å²) in [6, 6.07) is 16.0. The number of carbonyl (C=O) groups is 2. The maximum atomic E-state index is 12.5. The Bertz CT molecular complexity index is 1320. The Kier molecular flexibility index (Phi) is 6.79. The van der Waals surface area contributed by atoms with Crippen LogP contribution in [0.4, 0.5) is 16.5 Å². The zero-order chi connectivity index (χ0) is 23.3. The number of hydrogen-bond donors (Lipinski definition) is 2. The summed E-state index contributed by atoms with van der Waals surface area (Å²) >= 11 is 1.19. The lowest BCUT2D eigenvalue weighted by Gasteiger charge is -2.17. The maximum absolute atomic E-state index is 12.5. The van der Waals surface area contributed by atoms with Crippen LogP contribution >= 0.6 is 11.3 Å². The van der Waals surface area contributed by atoms with E-state index in [0.29, 0.717) is 16.5 Å². The second-order valence-electron chi connectivity index (χ2n) is 6.44. The third kappa shape index (κ3) is 5.44. The fraction of sp³-hybridized carbons (Fsp3) is 0.0476. The molecule has 2 amide bonds. The Morgan fingerprint density at radius 2 is 1.81 bits per heavy atom. The van der Waals surface area contributed by atoms with E-state index in [-0.39, 0.29) is 22.1 Å². The van der Waals surface area contributed by atoms with E-state index in [4.69, 9.17) is 5.14 Å². The Morgan fingerprint density at radius 1 is 1.16 bits per heavy atom. The van der Waals surface area contributed by atoms with Crippen molar-refractivity contribution in [1.82, 2.24) is 4.98 Å². The van der Waals surface area contributed by atoms with Gasteiger partial charge in [0.2, 0.25) is 15.9 Å². The Hall–Kier alpha value is -3.85. The van der Waals surface area contributed by atoms with Crippen molar-refractivity contribution >= 4 is 55.8 Å². The van der Waals surface area contributed by atoms with Gasteiger partial charge in [-0.05, 0) is 42.5 Å². The summed E-state index contributed by atoms with van der Waals surface area (Å²) < 4.78 is 22.6. The molecule has 11 heteroatoms. The number of amides is 2. The van der Waals surface area contributed by atoms with Crippen molar-refractivity contribution in [2.24, 2.45) is 5.14 Å². The van der Waals surface area contributed by atoms with E-state index in [9.17, 15) is 23.3 Å². The first-order valence-electron chi connectivity index (χ1n) is 9.06. The highest BCUT2D eigenvalue weighted by Crippen LogP contribution is 2.29. The minimum Gasteiger partial charge on any atom is -0.321 e. The predicted octanol–water partition coefficient (Wildman–Crippen LogP) is 3.02. The first kappa shape index (κ1) is 22.8. The van der Waals surface area contributed by atoms with Crippen molar-refractivity contribution in [3.05, 3.63) is 71.2 Å². The molecule has 0 saturated carbocycles. The molecule has 0 bridgehead atoms. The average molecular weight is 468 g/mol. The smallest absolute Gasteiger partial charge is 0.266 e. The van der Waals surface area contributed by atoms with Gasteiger partial charge in [-0.3, -0.25) is 14.5 Å². The van der Waals surface area contributed by atoms with E-state index in [1.54, 1.807) is 29.6 Å². The maximum Gasteiger partial charge on any atom is 0.266 e. The van der Waals surface area contributed by atoms with Gasteiger partial charge in [-0.2, -0.15) is 5.26 Å². The quantitative estimate of drug-likeness (QED) is 0.421. The number of primary sulfonamides is 1. The SMILES string of the molecule is CC(=O)N(c1ccccc1)c1nc(/C=C(\C#N)C(=O)Nc2ccc(S(N)(=O)=O)cc2)cs1. The third-order valence-electron chi connectivity index (χ3n) is 4.13. The van der Waals surface area contributed by atoms with Crippen LogP contribution < -0.4 is 15.4 Å². The number of aromatic nitrogens is 1. The summed E-state index contributed by atoms with van der Waals surface area (Å²) in [5, 5.41) is 19.0. The first-order chi connectivity index (χ1) is 15.2. The highest BCUT2D eigenvalue weighted by atomic mass is 32.2. The normalized spacial score (nSPS) is 11.5. The van der Waals surface area contributed by atoms with E-state index < -0.39 is 15.9 Å². The molecular formula is C21H17N5O4S2. The molecule has 0 aliphatic carbocycles. The van der Waals surface area contributed by atoms with Crippen LogP contribution in [-0.4, -0.2) is 25.2 Å². The molecule has 3 rings (SSSR count). The van der Waals surface area contributed by atoms with Crippen molar-refractivity contribution in [3.63, 3.8) is 0 Å². The van der Waals surface area contributed by atoms with Gasteiger partial charge in [0.25, 0.3) is 5.91 Å². The van der Waals surface area contributed by atoms with Crippen LogP contribution in [-0.2, 0) is 19.6 Å². The Balaban J connectivity index is 1.81.